The minimum atomic E-state index is 1.11. The molecular weight excluding hydrogens is 720 g/mol. The van der Waals surface area contributed by atoms with E-state index in [-0.39, 0.29) is 0 Å². The summed E-state index contributed by atoms with van der Waals surface area (Å²) in [6.07, 6.45) is 0. The first-order valence-corrected chi connectivity index (χ1v) is 15.3. The van der Waals surface area contributed by atoms with Crippen molar-refractivity contribution < 1.29 is 0 Å². The monoisotopic (exact) mass is 728 g/mol. The summed E-state index contributed by atoms with van der Waals surface area (Å²) in [6, 6.07) is 26.5. The Morgan fingerprint density at radius 3 is 0.882 bits per heavy atom. The average molecular weight is 732 g/mol. The van der Waals surface area contributed by atoms with E-state index in [1.807, 2.05) is 22.7 Å². The number of halogens is 4. The Hall–Kier alpha value is -1.28. The Bertz CT molecular complexity index is 1550. The van der Waals surface area contributed by atoms with Gasteiger partial charge in [-0.15, -0.1) is 22.7 Å². The van der Waals surface area contributed by atoms with Crippen LogP contribution < -0.4 is 7.69 Å². The highest BCUT2D eigenvalue weighted by molar-refractivity contribution is 9.11. The van der Waals surface area contributed by atoms with Crippen LogP contribution in [0.3, 0.4) is 0 Å². The van der Waals surface area contributed by atoms with Crippen LogP contribution in [0, 0.1) is 0 Å². The summed E-state index contributed by atoms with van der Waals surface area (Å²) in [5.74, 6) is 0. The largest absolute Gasteiger partial charge is 0.113 e. The van der Waals surface area contributed by atoms with E-state index in [0.717, 1.165) is 17.9 Å². The van der Waals surface area contributed by atoms with E-state index in [9.17, 15) is 0 Å². The minimum Gasteiger partial charge on any atom is -0.113 e. The average Bonchev–Trinajstić information content (AvgIpc) is 3.24. The molecule has 0 atom stereocenters. The van der Waals surface area contributed by atoms with Crippen molar-refractivity contribution in [2.24, 2.45) is 0 Å². The number of hydrogen-bond donors (Lipinski definition) is 0. The van der Waals surface area contributed by atoms with Gasteiger partial charge >= 0.3 is 0 Å². The van der Waals surface area contributed by atoms with E-state index < -0.39 is 0 Å². The van der Waals surface area contributed by atoms with Crippen molar-refractivity contribution in [1.29, 1.82) is 0 Å². The van der Waals surface area contributed by atoms with E-state index in [0.29, 0.717) is 0 Å². The molecule has 0 aliphatic heterocycles. The van der Waals surface area contributed by atoms with Gasteiger partial charge in [-0.05, 0) is 93.0 Å². The van der Waals surface area contributed by atoms with Crippen LogP contribution in [0.2, 0.25) is 0 Å². The maximum atomic E-state index is 3.69. The van der Waals surface area contributed by atoms with Gasteiger partial charge in [-0.3, -0.25) is 0 Å². The maximum absolute atomic E-state index is 3.69. The third-order valence-corrected chi connectivity index (χ3v) is 10.9. The molecule has 4 aromatic carbocycles. The lowest BCUT2D eigenvalue weighted by Crippen LogP contribution is -2.17. The Balaban J connectivity index is 1.54. The zero-order valence-electron chi connectivity index (χ0n) is 17.3. The van der Waals surface area contributed by atoms with Gasteiger partial charge in [0, 0.05) is 29.0 Å². The fraction of sp³-hybridized carbons (Fsp3) is 0. The summed E-state index contributed by atoms with van der Waals surface area (Å²) >= 11 is 18.6. The van der Waals surface area contributed by atoms with Crippen molar-refractivity contribution in [3.8, 4) is 22.3 Å². The summed E-state index contributed by atoms with van der Waals surface area (Å²) in [4.78, 5) is 0. The number of rotatable bonds is 0. The van der Waals surface area contributed by atoms with Gasteiger partial charge in [-0.2, -0.15) is 0 Å². The fourth-order valence-electron chi connectivity index (χ4n) is 4.94. The Morgan fingerprint density at radius 2 is 0.618 bits per heavy atom. The molecule has 2 aliphatic rings. The summed E-state index contributed by atoms with van der Waals surface area (Å²) in [6.45, 7) is 0. The summed E-state index contributed by atoms with van der Waals surface area (Å²) < 4.78 is 7.15. The molecule has 1 heterocycles. The van der Waals surface area contributed by atoms with Crippen LogP contribution in [-0.4, -0.2) is 0 Å². The summed E-state index contributed by atoms with van der Waals surface area (Å²) in [5, 5.41) is 0. The molecule has 0 amide bonds. The van der Waals surface area contributed by atoms with Crippen LogP contribution in [0.5, 0.6) is 0 Å². The third kappa shape index (κ3) is 3.30. The Labute approximate surface area is 238 Å². The van der Waals surface area contributed by atoms with E-state index in [2.05, 4.69) is 137 Å². The first-order valence-electron chi connectivity index (χ1n) is 10.5. The molecule has 6 heteroatoms. The van der Waals surface area contributed by atoms with E-state index in [1.54, 1.807) is 0 Å². The summed E-state index contributed by atoms with van der Waals surface area (Å²) in [5.41, 5.74) is 13.1. The van der Waals surface area contributed by atoms with Crippen molar-refractivity contribution in [1.82, 2.24) is 0 Å². The van der Waals surface area contributed by atoms with Crippen molar-refractivity contribution in [2.45, 2.75) is 0 Å². The Kier molecular flexibility index (Phi) is 5.24. The van der Waals surface area contributed by atoms with Crippen LogP contribution in [0.15, 0.2) is 90.7 Å². The number of benzene rings is 4. The van der Waals surface area contributed by atoms with Crippen molar-refractivity contribution in [3.63, 3.8) is 0 Å². The molecule has 1 aromatic heterocycles. The normalized spacial score (nSPS) is 13.2. The maximum Gasteiger partial charge on any atom is 0.0906 e. The molecule has 0 unspecified atom stereocenters. The smallest absolute Gasteiger partial charge is 0.0906 e. The zero-order valence-corrected chi connectivity index (χ0v) is 25.2. The lowest BCUT2D eigenvalue weighted by molar-refractivity contribution is 1.60. The third-order valence-electron chi connectivity index (χ3n) is 6.36. The second-order valence-corrected chi connectivity index (χ2v) is 14.5. The first-order chi connectivity index (χ1) is 16.5. The molecule has 0 saturated carbocycles. The van der Waals surface area contributed by atoms with Crippen molar-refractivity contribution >= 4 is 97.5 Å². The van der Waals surface area contributed by atoms with Crippen LogP contribution in [-0.2, 0) is 0 Å². The van der Waals surface area contributed by atoms with Crippen LogP contribution in [0.1, 0.15) is 22.3 Å². The topological polar surface area (TPSA) is 0 Å². The molecule has 0 N–H and O–H groups in total. The van der Waals surface area contributed by atoms with E-state index in [4.69, 9.17) is 0 Å². The van der Waals surface area contributed by atoms with Crippen molar-refractivity contribution in [3.05, 3.63) is 121 Å². The minimum absolute atomic E-state index is 1.11. The highest BCUT2D eigenvalue weighted by Crippen LogP contribution is 2.47. The highest BCUT2D eigenvalue weighted by Gasteiger charge is 2.28. The van der Waals surface area contributed by atoms with Crippen molar-refractivity contribution in [2.75, 3.05) is 0 Å². The lowest BCUT2D eigenvalue weighted by atomic mass is 10.1. The lowest BCUT2D eigenvalue weighted by Gasteiger charge is -2.08. The van der Waals surface area contributed by atoms with Crippen LogP contribution >= 0.6 is 86.4 Å². The molecule has 0 bridgehead atoms. The molecule has 5 aromatic rings. The van der Waals surface area contributed by atoms with E-state index in [1.165, 1.54) is 63.3 Å². The molecule has 7 rings (SSSR count). The van der Waals surface area contributed by atoms with E-state index >= 15 is 0 Å². The Morgan fingerprint density at radius 1 is 0.353 bits per heavy atom. The second kappa shape index (κ2) is 8.12. The summed E-state index contributed by atoms with van der Waals surface area (Å²) in [7, 11) is 0. The van der Waals surface area contributed by atoms with Gasteiger partial charge in [0.2, 0.25) is 0 Å². The standard InChI is InChI=1S/C28H12Br4S2/c29-13-1-5-17-18-6-2-14(30)10-22(18)25(21(17)9-13)27-33-28(34-27)26-23-11-15(31)3-7-19(23)20-8-4-16(32)12-24(20)26/h1-12H. The van der Waals surface area contributed by atoms with Gasteiger partial charge in [0.1, 0.15) is 0 Å². The van der Waals surface area contributed by atoms with Gasteiger partial charge < -0.3 is 0 Å². The van der Waals surface area contributed by atoms with Crippen LogP contribution in [0.25, 0.3) is 33.4 Å². The number of fused-ring (bicyclic) bond motifs is 6. The van der Waals surface area contributed by atoms with Gasteiger partial charge in [0.25, 0.3) is 0 Å². The molecule has 0 radical (unpaired) electrons. The highest BCUT2D eigenvalue weighted by atomic mass is 79.9. The molecule has 0 saturated heterocycles. The van der Waals surface area contributed by atoms with Crippen LogP contribution in [0.4, 0.5) is 0 Å². The van der Waals surface area contributed by atoms with Gasteiger partial charge in [-0.1, -0.05) is 88.0 Å². The molecule has 164 valence electrons. The first kappa shape index (κ1) is 22.0. The molecular formula is C28H12Br4S2. The zero-order chi connectivity index (χ0) is 23.1. The molecule has 34 heavy (non-hydrogen) atoms. The number of hydrogen-bond acceptors (Lipinski definition) is 2. The molecule has 2 aliphatic carbocycles. The molecule has 0 spiro atoms. The fourth-order valence-corrected chi connectivity index (χ4v) is 8.78. The predicted molar refractivity (Wildman–Crippen MR) is 159 cm³/mol. The predicted octanol–water partition coefficient (Wildman–Crippen LogP) is 9.31. The molecule has 0 fully saturated rings. The van der Waals surface area contributed by atoms with Gasteiger partial charge in [-0.25, -0.2) is 0 Å². The molecule has 0 nitrogen and oxygen atoms in total. The van der Waals surface area contributed by atoms with Gasteiger partial charge in [0.05, 0.1) is 7.69 Å². The second-order valence-electron chi connectivity index (χ2n) is 8.29. The SMILES string of the molecule is Brc1ccc2c(c1)C(=c1sc(=C3c4cc(Br)ccc4-c4ccc(Br)cc43)s1)c1cc(Br)ccc1-2. The van der Waals surface area contributed by atoms with Gasteiger partial charge in [0.15, 0.2) is 0 Å². The quantitative estimate of drug-likeness (QED) is 0.146.